The maximum Gasteiger partial charge on any atom is 0.138 e. The number of hydrogen-bond donors (Lipinski definition) is 3. The molecule has 6 nitrogen and oxygen atoms in total. The monoisotopic (exact) mass is 280 g/mol. The van der Waals surface area contributed by atoms with E-state index in [1.165, 1.54) is 0 Å². The summed E-state index contributed by atoms with van der Waals surface area (Å²) in [5, 5.41) is 22.6. The fraction of sp³-hybridized carbons (Fsp3) is 0.714. The van der Waals surface area contributed by atoms with Crippen LogP contribution in [0.1, 0.15) is 33.5 Å². The van der Waals surface area contributed by atoms with Crippen molar-refractivity contribution in [2.75, 3.05) is 29.9 Å². The van der Waals surface area contributed by atoms with Crippen LogP contribution in [0.3, 0.4) is 0 Å². The van der Waals surface area contributed by atoms with Crippen LogP contribution in [-0.2, 0) is 5.41 Å². The summed E-state index contributed by atoms with van der Waals surface area (Å²) in [5.41, 5.74) is -0.156. The highest BCUT2D eigenvalue weighted by Crippen LogP contribution is 2.26. The largest absolute Gasteiger partial charge is 0.389 e. The maximum atomic E-state index is 9.68. The van der Waals surface area contributed by atoms with Gasteiger partial charge in [-0.2, -0.15) is 0 Å². The van der Waals surface area contributed by atoms with E-state index in [9.17, 15) is 10.2 Å². The van der Waals surface area contributed by atoms with Crippen LogP contribution in [0.2, 0.25) is 0 Å². The Kier molecular flexibility index (Phi) is 4.15. The molecule has 20 heavy (non-hydrogen) atoms. The molecular weight excluding hydrogens is 256 g/mol. The fourth-order valence-electron chi connectivity index (χ4n) is 2.16. The molecule has 6 heteroatoms. The standard InChI is InChI=1S/C14H24N4O2/c1-5-15-11-6-12(17-13(16-11)14(2,3)4)18-7-9(19)10(20)8-18/h6,9-10,19-20H,5,7-8H2,1-4H3,(H,15,16,17). The molecule has 0 aliphatic carbocycles. The van der Waals surface area contributed by atoms with E-state index in [0.29, 0.717) is 13.1 Å². The minimum atomic E-state index is -0.717. The van der Waals surface area contributed by atoms with E-state index in [2.05, 4.69) is 36.1 Å². The van der Waals surface area contributed by atoms with Gasteiger partial charge in [0.05, 0.1) is 12.2 Å². The van der Waals surface area contributed by atoms with Gasteiger partial charge in [-0.25, -0.2) is 9.97 Å². The Morgan fingerprint density at radius 1 is 1.25 bits per heavy atom. The topological polar surface area (TPSA) is 81.5 Å². The molecule has 2 heterocycles. The third kappa shape index (κ3) is 3.19. The average molecular weight is 280 g/mol. The fourth-order valence-corrected chi connectivity index (χ4v) is 2.16. The lowest BCUT2D eigenvalue weighted by Crippen LogP contribution is -2.25. The van der Waals surface area contributed by atoms with E-state index in [1.807, 2.05) is 17.9 Å². The van der Waals surface area contributed by atoms with Gasteiger partial charge in [0.25, 0.3) is 0 Å². The summed E-state index contributed by atoms with van der Waals surface area (Å²) < 4.78 is 0. The third-order valence-electron chi connectivity index (χ3n) is 3.32. The molecule has 0 radical (unpaired) electrons. The number of rotatable bonds is 3. The third-order valence-corrected chi connectivity index (χ3v) is 3.32. The Bertz CT molecular complexity index is 463. The quantitative estimate of drug-likeness (QED) is 0.758. The molecule has 3 N–H and O–H groups in total. The summed E-state index contributed by atoms with van der Waals surface area (Å²) in [6, 6.07) is 1.86. The second-order valence-corrected chi connectivity index (χ2v) is 6.25. The van der Waals surface area contributed by atoms with Crippen LogP contribution in [0.15, 0.2) is 6.07 Å². The van der Waals surface area contributed by atoms with Crippen molar-refractivity contribution in [3.8, 4) is 0 Å². The number of hydrogen-bond acceptors (Lipinski definition) is 6. The van der Waals surface area contributed by atoms with Gasteiger partial charge in [-0.1, -0.05) is 20.8 Å². The van der Waals surface area contributed by atoms with E-state index in [1.54, 1.807) is 0 Å². The van der Waals surface area contributed by atoms with Gasteiger partial charge in [0.2, 0.25) is 0 Å². The highest BCUT2D eigenvalue weighted by Gasteiger charge is 2.31. The SMILES string of the molecule is CCNc1cc(N2CC(O)C(O)C2)nc(C(C)(C)C)n1. The zero-order valence-corrected chi connectivity index (χ0v) is 12.6. The smallest absolute Gasteiger partial charge is 0.138 e. The molecule has 1 aliphatic rings. The summed E-state index contributed by atoms with van der Waals surface area (Å²) >= 11 is 0. The Morgan fingerprint density at radius 3 is 2.35 bits per heavy atom. The van der Waals surface area contributed by atoms with Crippen molar-refractivity contribution in [3.63, 3.8) is 0 Å². The molecule has 0 saturated carbocycles. The summed E-state index contributed by atoms with van der Waals surface area (Å²) in [4.78, 5) is 11.0. The Morgan fingerprint density at radius 2 is 1.85 bits per heavy atom. The predicted molar refractivity (Wildman–Crippen MR) is 79.1 cm³/mol. The molecule has 1 aliphatic heterocycles. The van der Waals surface area contributed by atoms with Crippen LogP contribution < -0.4 is 10.2 Å². The van der Waals surface area contributed by atoms with Crippen molar-refractivity contribution in [1.29, 1.82) is 0 Å². The first-order chi connectivity index (χ1) is 9.31. The summed E-state index contributed by atoms with van der Waals surface area (Å²) in [6.07, 6.45) is -1.43. The van der Waals surface area contributed by atoms with Gasteiger partial charge in [0, 0.05) is 31.1 Å². The number of aromatic nitrogens is 2. The van der Waals surface area contributed by atoms with Crippen LogP contribution >= 0.6 is 0 Å². The lowest BCUT2D eigenvalue weighted by atomic mass is 9.96. The number of aliphatic hydroxyl groups excluding tert-OH is 2. The Balaban J connectivity index is 2.35. The van der Waals surface area contributed by atoms with Gasteiger partial charge < -0.3 is 20.4 Å². The van der Waals surface area contributed by atoms with Gasteiger partial charge in [0.1, 0.15) is 17.5 Å². The summed E-state index contributed by atoms with van der Waals surface area (Å²) in [7, 11) is 0. The molecule has 1 aromatic heterocycles. The Hall–Kier alpha value is -1.40. The van der Waals surface area contributed by atoms with Crippen molar-refractivity contribution in [2.24, 2.45) is 0 Å². The van der Waals surface area contributed by atoms with Gasteiger partial charge >= 0.3 is 0 Å². The molecule has 0 spiro atoms. The molecule has 112 valence electrons. The Labute approximate surface area is 119 Å². The van der Waals surface area contributed by atoms with Crippen LogP contribution in [0.25, 0.3) is 0 Å². The molecule has 2 atom stereocenters. The first-order valence-electron chi connectivity index (χ1n) is 7.05. The van der Waals surface area contributed by atoms with Crippen LogP contribution in [0, 0.1) is 0 Å². The second-order valence-electron chi connectivity index (χ2n) is 6.25. The first kappa shape index (κ1) is 15.0. The van der Waals surface area contributed by atoms with Crippen molar-refractivity contribution in [1.82, 2.24) is 9.97 Å². The van der Waals surface area contributed by atoms with E-state index in [-0.39, 0.29) is 5.41 Å². The van der Waals surface area contributed by atoms with Gasteiger partial charge in [-0.15, -0.1) is 0 Å². The lowest BCUT2D eigenvalue weighted by Gasteiger charge is -2.22. The van der Waals surface area contributed by atoms with Gasteiger partial charge in [-0.05, 0) is 6.92 Å². The number of aliphatic hydroxyl groups is 2. The maximum absolute atomic E-state index is 9.68. The van der Waals surface area contributed by atoms with E-state index < -0.39 is 12.2 Å². The van der Waals surface area contributed by atoms with Crippen molar-refractivity contribution in [3.05, 3.63) is 11.9 Å². The van der Waals surface area contributed by atoms with Crippen LogP contribution in [0.5, 0.6) is 0 Å². The van der Waals surface area contributed by atoms with Gasteiger partial charge in [-0.3, -0.25) is 0 Å². The molecular formula is C14H24N4O2. The summed E-state index contributed by atoms with van der Waals surface area (Å²) in [5.74, 6) is 2.27. The van der Waals surface area contributed by atoms with E-state index >= 15 is 0 Å². The normalized spacial score (nSPS) is 23.2. The highest BCUT2D eigenvalue weighted by atomic mass is 16.3. The van der Waals surface area contributed by atoms with Crippen molar-refractivity contribution >= 4 is 11.6 Å². The summed E-state index contributed by atoms with van der Waals surface area (Å²) in [6.45, 7) is 9.79. The molecule has 0 bridgehead atoms. The lowest BCUT2D eigenvalue weighted by molar-refractivity contribution is 0.0572. The minimum Gasteiger partial charge on any atom is -0.389 e. The number of nitrogens with zero attached hydrogens (tertiary/aromatic N) is 3. The molecule has 1 fully saturated rings. The number of anilines is 2. The van der Waals surface area contributed by atoms with Gasteiger partial charge in [0.15, 0.2) is 0 Å². The van der Waals surface area contributed by atoms with E-state index in [4.69, 9.17) is 0 Å². The van der Waals surface area contributed by atoms with Crippen molar-refractivity contribution < 1.29 is 10.2 Å². The molecule has 2 unspecified atom stereocenters. The van der Waals surface area contributed by atoms with Crippen molar-refractivity contribution in [2.45, 2.75) is 45.3 Å². The zero-order valence-electron chi connectivity index (χ0n) is 12.6. The number of nitrogens with one attached hydrogen (secondary N) is 1. The molecule has 1 aromatic rings. The first-order valence-corrected chi connectivity index (χ1v) is 7.05. The average Bonchev–Trinajstić information content (AvgIpc) is 2.69. The minimum absolute atomic E-state index is 0.156. The van der Waals surface area contributed by atoms with Crippen LogP contribution in [-0.4, -0.2) is 52.0 Å². The molecule has 1 saturated heterocycles. The highest BCUT2D eigenvalue weighted by molar-refractivity contribution is 5.51. The second kappa shape index (κ2) is 5.54. The van der Waals surface area contributed by atoms with Crippen LogP contribution in [0.4, 0.5) is 11.6 Å². The molecule has 2 rings (SSSR count). The number of β-amino-alcohol motifs (C(OH)–C–C–N with tert-alkyl or cyclic N) is 2. The van der Waals surface area contributed by atoms with E-state index in [0.717, 1.165) is 24.0 Å². The zero-order chi connectivity index (χ0) is 14.9. The molecule has 0 aromatic carbocycles. The molecule has 0 amide bonds. The predicted octanol–water partition coefficient (Wildman–Crippen LogP) is 0.748.